The van der Waals surface area contributed by atoms with Crippen LogP contribution >= 0.6 is 0 Å². The van der Waals surface area contributed by atoms with Gasteiger partial charge in [0, 0.05) is 6.54 Å². The molecule has 0 aliphatic carbocycles. The summed E-state index contributed by atoms with van der Waals surface area (Å²) >= 11 is 0. The van der Waals surface area contributed by atoms with Crippen LogP contribution in [0.4, 0.5) is 10.6 Å². The Bertz CT molecular complexity index is 923. The molecule has 28 heavy (non-hydrogen) atoms. The lowest BCUT2D eigenvalue weighted by Crippen LogP contribution is -2.30. The summed E-state index contributed by atoms with van der Waals surface area (Å²) in [6, 6.07) is 18.8. The summed E-state index contributed by atoms with van der Waals surface area (Å²) in [6.45, 7) is 2.78. The second-order valence-corrected chi connectivity index (χ2v) is 6.07. The number of hydrogen-bond acceptors (Lipinski definition) is 4. The number of carbonyl (C=O) groups is 2. The first-order valence-corrected chi connectivity index (χ1v) is 9.02. The Morgan fingerprint density at radius 2 is 1.64 bits per heavy atom. The Kier molecular flexibility index (Phi) is 6.41. The second-order valence-electron chi connectivity index (χ2n) is 6.07. The van der Waals surface area contributed by atoms with E-state index < -0.39 is 12.0 Å². The van der Waals surface area contributed by atoms with Gasteiger partial charge in [0.1, 0.15) is 5.82 Å². The van der Waals surface area contributed by atoms with E-state index in [1.807, 2.05) is 60.7 Å². The molecule has 0 aliphatic rings. The Morgan fingerprint density at radius 1 is 1.00 bits per heavy atom. The summed E-state index contributed by atoms with van der Waals surface area (Å²) in [7, 11) is 0. The van der Waals surface area contributed by atoms with Crippen molar-refractivity contribution in [2.24, 2.45) is 0 Å². The number of esters is 1. The fourth-order valence-corrected chi connectivity index (χ4v) is 2.69. The van der Waals surface area contributed by atoms with Crippen LogP contribution in [0.2, 0.25) is 0 Å². The minimum Gasteiger partial charge on any atom is -0.461 e. The minimum atomic E-state index is -0.576. The fraction of sp³-hybridized carbons (Fsp3) is 0.190. The second kappa shape index (κ2) is 9.36. The molecule has 2 N–H and O–H groups in total. The van der Waals surface area contributed by atoms with Crippen molar-refractivity contribution in [3.05, 3.63) is 83.8 Å². The third-order valence-electron chi connectivity index (χ3n) is 4.03. The first kappa shape index (κ1) is 19.2. The molecule has 2 amide bonds. The van der Waals surface area contributed by atoms with E-state index in [0.29, 0.717) is 18.9 Å². The monoisotopic (exact) mass is 378 g/mol. The molecule has 144 valence electrons. The van der Waals surface area contributed by atoms with E-state index >= 15 is 0 Å². The molecule has 7 heteroatoms. The van der Waals surface area contributed by atoms with Crippen LogP contribution in [0.15, 0.2) is 67.0 Å². The van der Waals surface area contributed by atoms with E-state index in [1.54, 1.807) is 11.5 Å². The number of imidazole rings is 1. The Labute approximate surface area is 163 Å². The van der Waals surface area contributed by atoms with E-state index in [0.717, 1.165) is 11.1 Å². The number of urea groups is 1. The number of ether oxygens (including phenoxy) is 1. The van der Waals surface area contributed by atoms with Gasteiger partial charge in [-0.05, 0) is 18.1 Å². The molecule has 2 aromatic carbocycles. The molecule has 0 saturated heterocycles. The molecule has 7 nitrogen and oxygen atoms in total. The maximum atomic E-state index is 12.4. The molecule has 3 rings (SSSR count). The van der Waals surface area contributed by atoms with Gasteiger partial charge in [0.05, 0.1) is 19.5 Å². The van der Waals surface area contributed by atoms with Crippen molar-refractivity contribution in [2.45, 2.75) is 20.0 Å². The van der Waals surface area contributed by atoms with Crippen LogP contribution in [0.3, 0.4) is 0 Å². The van der Waals surface area contributed by atoms with Gasteiger partial charge in [0.15, 0.2) is 5.69 Å². The van der Waals surface area contributed by atoms with Gasteiger partial charge in [-0.2, -0.15) is 0 Å². The Morgan fingerprint density at radius 3 is 2.29 bits per heavy atom. The Hall–Kier alpha value is -3.61. The highest BCUT2D eigenvalue weighted by Crippen LogP contribution is 2.18. The van der Waals surface area contributed by atoms with Crippen molar-refractivity contribution in [1.82, 2.24) is 14.9 Å². The maximum Gasteiger partial charge on any atom is 0.360 e. The average Bonchev–Trinajstić information content (AvgIpc) is 3.10. The topological polar surface area (TPSA) is 85.2 Å². The smallest absolute Gasteiger partial charge is 0.360 e. The lowest BCUT2D eigenvalue weighted by molar-refractivity contribution is 0.0521. The van der Waals surface area contributed by atoms with Gasteiger partial charge in [-0.15, -0.1) is 0 Å². The van der Waals surface area contributed by atoms with Crippen LogP contribution in [0.5, 0.6) is 0 Å². The molecule has 0 bridgehead atoms. The molecule has 0 aliphatic heterocycles. The van der Waals surface area contributed by atoms with Crippen LogP contribution in [0, 0.1) is 0 Å². The van der Waals surface area contributed by atoms with E-state index in [4.69, 9.17) is 4.74 Å². The minimum absolute atomic E-state index is 0.0765. The molecule has 0 unspecified atom stereocenters. The zero-order chi connectivity index (χ0) is 19.8. The maximum absolute atomic E-state index is 12.4. The van der Waals surface area contributed by atoms with Gasteiger partial charge in [0.2, 0.25) is 0 Å². The first-order chi connectivity index (χ1) is 13.7. The quantitative estimate of drug-likeness (QED) is 0.617. The van der Waals surface area contributed by atoms with Crippen LogP contribution in [0.25, 0.3) is 0 Å². The van der Waals surface area contributed by atoms with Crippen molar-refractivity contribution >= 4 is 17.8 Å². The van der Waals surface area contributed by atoms with Crippen LogP contribution in [-0.4, -0.2) is 28.2 Å². The summed E-state index contributed by atoms with van der Waals surface area (Å²) in [5.41, 5.74) is 2.07. The standard InChI is InChI=1S/C21H22N4O3/c1-2-28-20(26)18-19(24-21(27)22-13-16-9-5-3-6-10-16)25(15-23-18)14-17-11-7-4-8-12-17/h3-12,15H,2,13-14H2,1H3,(H2,22,24,27). The third-order valence-corrected chi connectivity index (χ3v) is 4.03. The summed E-state index contributed by atoms with van der Waals surface area (Å²) in [5, 5.41) is 5.52. The molecule has 0 saturated carbocycles. The molecule has 0 atom stereocenters. The lowest BCUT2D eigenvalue weighted by Gasteiger charge is -2.12. The number of amides is 2. The van der Waals surface area contributed by atoms with E-state index in [-0.39, 0.29) is 12.3 Å². The summed E-state index contributed by atoms with van der Waals surface area (Å²) in [6.07, 6.45) is 1.52. The van der Waals surface area contributed by atoms with Crippen molar-refractivity contribution in [1.29, 1.82) is 0 Å². The normalized spacial score (nSPS) is 10.3. The SMILES string of the molecule is CCOC(=O)c1ncn(Cc2ccccc2)c1NC(=O)NCc1ccccc1. The van der Waals surface area contributed by atoms with E-state index in [1.165, 1.54) is 6.33 Å². The number of hydrogen-bond donors (Lipinski definition) is 2. The Balaban J connectivity index is 1.76. The fourth-order valence-electron chi connectivity index (χ4n) is 2.69. The number of nitrogens with zero attached hydrogens (tertiary/aromatic N) is 2. The van der Waals surface area contributed by atoms with Gasteiger partial charge in [-0.1, -0.05) is 60.7 Å². The van der Waals surface area contributed by atoms with Crippen LogP contribution < -0.4 is 10.6 Å². The van der Waals surface area contributed by atoms with E-state index in [2.05, 4.69) is 15.6 Å². The highest BCUT2D eigenvalue weighted by molar-refractivity contribution is 5.98. The molecule has 1 heterocycles. The zero-order valence-electron chi connectivity index (χ0n) is 15.6. The lowest BCUT2D eigenvalue weighted by atomic mass is 10.2. The van der Waals surface area contributed by atoms with Gasteiger partial charge in [-0.25, -0.2) is 14.6 Å². The van der Waals surface area contributed by atoms with Crippen LogP contribution in [0.1, 0.15) is 28.5 Å². The summed E-state index contributed by atoms with van der Waals surface area (Å²) in [5.74, 6) is -0.277. The predicted molar refractivity (Wildman–Crippen MR) is 106 cm³/mol. The predicted octanol–water partition coefficient (Wildman–Crippen LogP) is 3.43. The highest BCUT2D eigenvalue weighted by atomic mass is 16.5. The molecular formula is C21H22N4O3. The summed E-state index contributed by atoms with van der Waals surface area (Å²) < 4.78 is 6.77. The molecule has 0 spiro atoms. The number of aromatic nitrogens is 2. The zero-order valence-corrected chi connectivity index (χ0v) is 15.6. The molecule has 1 aromatic heterocycles. The number of benzene rings is 2. The van der Waals surface area contributed by atoms with E-state index in [9.17, 15) is 9.59 Å². The third kappa shape index (κ3) is 4.97. The van der Waals surface area contributed by atoms with Gasteiger partial charge in [0.25, 0.3) is 0 Å². The van der Waals surface area contributed by atoms with Crippen LogP contribution in [-0.2, 0) is 17.8 Å². The number of nitrogens with one attached hydrogen (secondary N) is 2. The van der Waals surface area contributed by atoms with Gasteiger partial charge < -0.3 is 14.6 Å². The number of rotatable bonds is 7. The van der Waals surface area contributed by atoms with Crippen molar-refractivity contribution < 1.29 is 14.3 Å². The van der Waals surface area contributed by atoms with Gasteiger partial charge in [-0.3, -0.25) is 5.32 Å². The molecular weight excluding hydrogens is 356 g/mol. The van der Waals surface area contributed by atoms with Crippen molar-refractivity contribution in [3.8, 4) is 0 Å². The van der Waals surface area contributed by atoms with Crippen molar-refractivity contribution in [3.63, 3.8) is 0 Å². The molecule has 0 fully saturated rings. The highest BCUT2D eigenvalue weighted by Gasteiger charge is 2.21. The first-order valence-electron chi connectivity index (χ1n) is 9.02. The van der Waals surface area contributed by atoms with Crippen molar-refractivity contribution in [2.75, 3.05) is 11.9 Å². The number of anilines is 1. The summed E-state index contributed by atoms with van der Waals surface area (Å²) in [4.78, 5) is 28.8. The molecule has 3 aromatic rings. The largest absolute Gasteiger partial charge is 0.461 e. The number of carbonyl (C=O) groups excluding carboxylic acids is 2. The average molecular weight is 378 g/mol. The molecule has 0 radical (unpaired) electrons. The van der Waals surface area contributed by atoms with Gasteiger partial charge >= 0.3 is 12.0 Å².